The number of aromatic nitrogens is 3. The SMILES string of the molecule is COC(C)CCc1n[nH]c(=S)n1C1CC1. The fraction of sp³-hybridized carbons (Fsp3) is 0.800. The molecule has 1 unspecified atom stereocenters. The quantitative estimate of drug-likeness (QED) is 0.784. The molecule has 1 atom stereocenters. The monoisotopic (exact) mass is 227 g/mol. The second kappa shape index (κ2) is 4.45. The Kier molecular flexibility index (Phi) is 3.21. The van der Waals surface area contributed by atoms with Crippen LogP contribution in [0.2, 0.25) is 0 Å². The van der Waals surface area contributed by atoms with Crippen LogP contribution in [0.3, 0.4) is 0 Å². The molecule has 4 nitrogen and oxygen atoms in total. The van der Waals surface area contributed by atoms with E-state index in [4.69, 9.17) is 17.0 Å². The van der Waals surface area contributed by atoms with E-state index in [1.165, 1.54) is 12.8 Å². The van der Waals surface area contributed by atoms with E-state index in [0.717, 1.165) is 23.4 Å². The van der Waals surface area contributed by atoms with Gasteiger partial charge in [-0.05, 0) is 38.4 Å². The lowest BCUT2D eigenvalue weighted by atomic mass is 10.2. The number of hydrogen-bond donors (Lipinski definition) is 1. The van der Waals surface area contributed by atoms with Crippen molar-refractivity contribution in [1.82, 2.24) is 14.8 Å². The van der Waals surface area contributed by atoms with Gasteiger partial charge in [0, 0.05) is 19.6 Å². The van der Waals surface area contributed by atoms with Crippen molar-refractivity contribution in [2.45, 2.75) is 44.8 Å². The molecule has 1 N–H and O–H groups in total. The molecule has 5 heteroatoms. The van der Waals surface area contributed by atoms with Crippen LogP contribution < -0.4 is 0 Å². The third-order valence-electron chi connectivity index (χ3n) is 2.87. The Morgan fingerprint density at radius 3 is 3.00 bits per heavy atom. The lowest BCUT2D eigenvalue weighted by molar-refractivity contribution is 0.110. The van der Waals surface area contributed by atoms with E-state index in [1.807, 2.05) is 0 Å². The number of H-pyrrole nitrogens is 1. The van der Waals surface area contributed by atoms with E-state index in [-0.39, 0.29) is 6.10 Å². The molecule has 0 radical (unpaired) electrons. The number of aromatic amines is 1. The fourth-order valence-electron chi connectivity index (χ4n) is 1.67. The maximum Gasteiger partial charge on any atom is 0.195 e. The first-order valence-corrected chi connectivity index (χ1v) is 5.81. The number of rotatable bonds is 5. The first-order chi connectivity index (χ1) is 7.22. The summed E-state index contributed by atoms with van der Waals surface area (Å²) < 4.78 is 8.15. The van der Waals surface area contributed by atoms with Gasteiger partial charge in [-0.3, -0.25) is 5.10 Å². The summed E-state index contributed by atoms with van der Waals surface area (Å²) in [6, 6.07) is 0.601. The molecular weight excluding hydrogens is 210 g/mol. The maximum absolute atomic E-state index is 5.22. The van der Waals surface area contributed by atoms with E-state index >= 15 is 0 Å². The Morgan fingerprint density at radius 2 is 2.40 bits per heavy atom. The standard InChI is InChI=1S/C10H17N3OS/c1-7(14-2)3-6-9-11-12-10(15)13(9)8-4-5-8/h7-8H,3-6H2,1-2H3,(H,12,15). The zero-order valence-electron chi connectivity index (χ0n) is 9.19. The van der Waals surface area contributed by atoms with Crippen molar-refractivity contribution in [2.75, 3.05) is 7.11 Å². The van der Waals surface area contributed by atoms with Crippen molar-refractivity contribution in [3.05, 3.63) is 10.6 Å². The zero-order valence-corrected chi connectivity index (χ0v) is 10.0. The second-order valence-electron chi connectivity index (χ2n) is 4.13. The van der Waals surface area contributed by atoms with Crippen molar-refractivity contribution in [1.29, 1.82) is 0 Å². The molecule has 1 aromatic rings. The smallest absolute Gasteiger partial charge is 0.195 e. The van der Waals surface area contributed by atoms with Crippen molar-refractivity contribution in [3.8, 4) is 0 Å². The first-order valence-electron chi connectivity index (χ1n) is 5.41. The predicted molar refractivity (Wildman–Crippen MR) is 60.5 cm³/mol. The third-order valence-corrected chi connectivity index (χ3v) is 3.15. The molecule has 0 aliphatic heterocycles. The third kappa shape index (κ3) is 2.46. The van der Waals surface area contributed by atoms with Gasteiger partial charge in [0.1, 0.15) is 5.82 Å². The molecule has 15 heavy (non-hydrogen) atoms. The van der Waals surface area contributed by atoms with Crippen molar-refractivity contribution in [2.24, 2.45) is 0 Å². The topological polar surface area (TPSA) is 42.8 Å². The van der Waals surface area contributed by atoms with Crippen molar-refractivity contribution >= 4 is 12.2 Å². The van der Waals surface area contributed by atoms with Crippen LogP contribution in [-0.4, -0.2) is 28.0 Å². The molecule has 1 fully saturated rings. The highest BCUT2D eigenvalue weighted by atomic mass is 32.1. The highest BCUT2D eigenvalue weighted by Gasteiger charge is 2.27. The summed E-state index contributed by atoms with van der Waals surface area (Å²) >= 11 is 5.21. The molecule has 0 saturated heterocycles. The van der Waals surface area contributed by atoms with Crippen LogP contribution in [0.15, 0.2) is 0 Å². The van der Waals surface area contributed by atoms with Crippen LogP contribution >= 0.6 is 12.2 Å². The number of nitrogens with zero attached hydrogens (tertiary/aromatic N) is 2. The Morgan fingerprint density at radius 1 is 1.67 bits per heavy atom. The molecule has 0 bridgehead atoms. The first kappa shape index (κ1) is 10.8. The average molecular weight is 227 g/mol. The predicted octanol–water partition coefficient (Wildman–Crippen LogP) is 2.24. The highest BCUT2D eigenvalue weighted by Crippen LogP contribution is 2.35. The summed E-state index contributed by atoms with van der Waals surface area (Å²) in [5.74, 6) is 1.08. The summed E-state index contributed by atoms with van der Waals surface area (Å²) in [5.41, 5.74) is 0. The van der Waals surface area contributed by atoms with E-state index in [2.05, 4.69) is 21.7 Å². The Labute approximate surface area is 94.6 Å². The number of hydrogen-bond acceptors (Lipinski definition) is 3. The van der Waals surface area contributed by atoms with Gasteiger partial charge < -0.3 is 9.30 Å². The van der Waals surface area contributed by atoms with Gasteiger partial charge in [0.2, 0.25) is 0 Å². The molecule has 1 heterocycles. The van der Waals surface area contributed by atoms with Crippen LogP contribution in [0.1, 0.15) is 38.1 Å². The lowest BCUT2D eigenvalue weighted by Gasteiger charge is -2.09. The number of nitrogens with one attached hydrogen (secondary N) is 1. The van der Waals surface area contributed by atoms with Gasteiger partial charge in [0.25, 0.3) is 0 Å². The van der Waals surface area contributed by atoms with Crippen LogP contribution in [-0.2, 0) is 11.2 Å². The lowest BCUT2D eigenvalue weighted by Crippen LogP contribution is -2.09. The van der Waals surface area contributed by atoms with Gasteiger partial charge in [-0.15, -0.1) is 0 Å². The Balaban J connectivity index is 2.04. The van der Waals surface area contributed by atoms with Crippen LogP contribution in [0.25, 0.3) is 0 Å². The van der Waals surface area contributed by atoms with Gasteiger partial charge >= 0.3 is 0 Å². The summed E-state index contributed by atoms with van der Waals surface area (Å²) in [6.07, 6.45) is 4.67. The summed E-state index contributed by atoms with van der Waals surface area (Å²) in [6.45, 7) is 2.07. The van der Waals surface area contributed by atoms with Crippen LogP contribution in [0, 0.1) is 4.77 Å². The van der Waals surface area contributed by atoms with E-state index in [1.54, 1.807) is 7.11 Å². The Hall–Kier alpha value is -0.680. The molecular formula is C10H17N3OS. The highest BCUT2D eigenvalue weighted by molar-refractivity contribution is 7.71. The van der Waals surface area contributed by atoms with E-state index in [9.17, 15) is 0 Å². The second-order valence-corrected chi connectivity index (χ2v) is 4.52. The molecule has 1 saturated carbocycles. The fourth-order valence-corrected chi connectivity index (χ4v) is 1.97. The van der Waals surface area contributed by atoms with Crippen molar-refractivity contribution in [3.63, 3.8) is 0 Å². The zero-order chi connectivity index (χ0) is 10.8. The minimum Gasteiger partial charge on any atom is -0.382 e. The molecule has 2 rings (SSSR count). The van der Waals surface area contributed by atoms with Gasteiger partial charge in [-0.25, -0.2) is 0 Å². The molecule has 1 aliphatic carbocycles. The van der Waals surface area contributed by atoms with E-state index < -0.39 is 0 Å². The maximum atomic E-state index is 5.22. The summed E-state index contributed by atoms with van der Waals surface area (Å²) in [7, 11) is 1.74. The molecule has 1 aromatic heterocycles. The Bertz CT molecular complexity index is 380. The van der Waals surface area contributed by atoms with Gasteiger partial charge in [0.05, 0.1) is 6.10 Å². The van der Waals surface area contributed by atoms with E-state index in [0.29, 0.717) is 6.04 Å². The van der Waals surface area contributed by atoms with Gasteiger partial charge in [0.15, 0.2) is 4.77 Å². The van der Waals surface area contributed by atoms with Gasteiger partial charge in [-0.1, -0.05) is 0 Å². The number of methoxy groups -OCH3 is 1. The summed E-state index contributed by atoms with van der Waals surface area (Å²) in [5, 5.41) is 7.15. The normalized spacial score (nSPS) is 18.0. The largest absolute Gasteiger partial charge is 0.382 e. The molecule has 0 spiro atoms. The average Bonchev–Trinajstić information content (AvgIpc) is 3.00. The van der Waals surface area contributed by atoms with Gasteiger partial charge in [-0.2, -0.15) is 5.10 Å². The minimum absolute atomic E-state index is 0.280. The van der Waals surface area contributed by atoms with Crippen LogP contribution in [0.4, 0.5) is 0 Å². The minimum atomic E-state index is 0.280. The molecule has 1 aliphatic rings. The van der Waals surface area contributed by atoms with Crippen molar-refractivity contribution < 1.29 is 4.74 Å². The molecule has 0 amide bonds. The molecule has 84 valence electrons. The summed E-state index contributed by atoms with van der Waals surface area (Å²) in [4.78, 5) is 0. The molecule has 0 aromatic carbocycles. The number of aryl methyl sites for hydroxylation is 1. The number of ether oxygens (including phenoxy) is 1. The van der Waals surface area contributed by atoms with Crippen LogP contribution in [0.5, 0.6) is 0 Å².